The molecule has 0 atom stereocenters. The van der Waals surface area contributed by atoms with Crippen LogP contribution in [0.3, 0.4) is 0 Å². The summed E-state index contributed by atoms with van der Waals surface area (Å²) in [5.41, 5.74) is 0. The fraction of sp³-hybridized carbons (Fsp3) is 0.571. The Kier molecular flexibility index (Phi) is 11.1. The minimum absolute atomic E-state index is 0. The van der Waals surface area contributed by atoms with Crippen LogP contribution >= 0.6 is 0 Å². The second kappa shape index (κ2) is 9.02. The van der Waals surface area contributed by atoms with E-state index in [0.29, 0.717) is 0 Å². The van der Waals surface area contributed by atoms with E-state index in [4.69, 9.17) is 4.55 Å². The van der Waals surface area contributed by atoms with Gasteiger partial charge in [-0.3, -0.25) is 4.55 Å². The van der Waals surface area contributed by atoms with Gasteiger partial charge in [0.1, 0.15) is 0 Å². The van der Waals surface area contributed by atoms with Gasteiger partial charge >= 0.3 is 57.4 Å². The number of esters is 1. The number of ether oxygens (including phenoxy) is 1. The first kappa shape index (κ1) is 17.2. The second-order valence-corrected chi connectivity index (χ2v) is 3.88. The molecule has 1 N–H and O–H groups in total. The van der Waals surface area contributed by atoms with Crippen LogP contribution in [0.15, 0.2) is 12.2 Å². The predicted octanol–water partition coefficient (Wildman–Crippen LogP) is -2.50. The van der Waals surface area contributed by atoms with Gasteiger partial charge in [0, 0.05) is 6.08 Å². The number of carbonyl (C=O) groups is 1. The predicted molar refractivity (Wildman–Crippen MR) is 47.9 cm³/mol. The van der Waals surface area contributed by atoms with Gasteiger partial charge < -0.3 is 6.16 Å². The molecule has 0 rings (SSSR count). The standard InChI is InChI=1S/C7H12O5S.K.H/c1-2-4-7(8)12-5-3-6-13(9,10)11;;/h2,4H,3,5-6H2,1H3,(H,9,10,11);;/q;+1;-1. The molecule has 0 spiro atoms. The smallest absolute Gasteiger partial charge is 1.00 e. The van der Waals surface area contributed by atoms with Crippen molar-refractivity contribution in [2.45, 2.75) is 13.3 Å². The summed E-state index contributed by atoms with van der Waals surface area (Å²) in [4.78, 5) is 10.6. The topological polar surface area (TPSA) is 80.7 Å². The summed E-state index contributed by atoms with van der Waals surface area (Å²) in [7, 11) is -3.94. The van der Waals surface area contributed by atoms with Gasteiger partial charge in [-0.05, 0) is 13.3 Å². The van der Waals surface area contributed by atoms with E-state index >= 15 is 0 Å². The molecule has 0 heterocycles. The summed E-state index contributed by atoms with van der Waals surface area (Å²) in [6.45, 7) is 1.66. The van der Waals surface area contributed by atoms with Crippen molar-refractivity contribution in [3.05, 3.63) is 12.2 Å². The normalized spacial score (nSPS) is 11.0. The summed E-state index contributed by atoms with van der Waals surface area (Å²) in [5, 5.41) is 0. The van der Waals surface area contributed by atoms with Crippen LogP contribution in [0.4, 0.5) is 0 Å². The molecule has 0 saturated carbocycles. The van der Waals surface area contributed by atoms with Crippen LogP contribution in [0.25, 0.3) is 0 Å². The molecular weight excluding hydrogens is 235 g/mol. The van der Waals surface area contributed by atoms with Gasteiger partial charge in [-0.1, -0.05) is 6.08 Å². The van der Waals surface area contributed by atoms with Gasteiger partial charge in [0.15, 0.2) is 0 Å². The number of hydrogen-bond donors (Lipinski definition) is 1. The summed E-state index contributed by atoms with van der Waals surface area (Å²) < 4.78 is 33.3. The molecule has 0 saturated heterocycles. The Morgan fingerprint density at radius 1 is 1.57 bits per heavy atom. The van der Waals surface area contributed by atoms with Crippen molar-refractivity contribution in [1.29, 1.82) is 0 Å². The Morgan fingerprint density at radius 3 is 2.57 bits per heavy atom. The zero-order valence-corrected chi connectivity index (χ0v) is 12.2. The van der Waals surface area contributed by atoms with Gasteiger partial charge in [0.2, 0.25) is 0 Å². The average Bonchev–Trinajstić information content (AvgIpc) is 1.97. The summed E-state index contributed by atoms with van der Waals surface area (Å²) in [6.07, 6.45) is 2.85. The van der Waals surface area contributed by atoms with Crippen molar-refractivity contribution in [2.24, 2.45) is 0 Å². The Labute approximate surface area is 128 Å². The van der Waals surface area contributed by atoms with E-state index in [1.54, 1.807) is 6.92 Å². The molecule has 14 heavy (non-hydrogen) atoms. The Morgan fingerprint density at radius 2 is 2.14 bits per heavy atom. The molecule has 0 fully saturated rings. The fourth-order valence-corrected chi connectivity index (χ4v) is 1.08. The quantitative estimate of drug-likeness (QED) is 0.191. The third kappa shape index (κ3) is 12.8. The van der Waals surface area contributed by atoms with Crippen LogP contribution in [-0.2, 0) is 19.6 Å². The Balaban J connectivity index is -0.000000720. The van der Waals surface area contributed by atoms with Crippen molar-refractivity contribution in [2.75, 3.05) is 12.4 Å². The first-order chi connectivity index (χ1) is 5.95. The molecule has 0 unspecified atom stereocenters. The maximum atomic E-state index is 10.6. The molecule has 0 aromatic carbocycles. The maximum Gasteiger partial charge on any atom is 1.00 e. The van der Waals surface area contributed by atoms with Crippen LogP contribution in [0.2, 0.25) is 0 Å². The van der Waals surface area contributed by atoms with Crippen LogP contribution in [0, 0.1) is 0 Å². The molecule has 5 nitrogen and oxygen atoms in total. The van der Waals surface area contributed by atoms with Crippen molar-refractivity contribution in [3.8, 4) is 0 Å². The summed E-state index contributed by atoms with van der Waals surface area (Å²) in [6, 6.07) is 0. The van der Waals surface area contributed by atoms with E-state index in [-0.39, 0.29) is 65.8 Å². The summed E-state index contributed by atoms with van der Waals surface area (Å²) >= 11 is 0. The zero-order valence-electron chi connectivity index (χ0n) is 9.26. The van der Waals surface area contributed by atoms with Crippen LogP contribution in [0.5, 0.6) is 0 Å². The van der Waals surface area contributed by atoms with Crippen molar-refractivity contribution in [3.63, 3.8) is 0 Å². The fourth-order valence-electron chi connectivity index (χ4n) is 0.598. The summed E-state index contributed by atoms with van der Waals surface area (Å²) in [5.74, 6) is -0.909. The molecule has 0 amide bonds. The molecule has 0 bridgehead atoms. The monoisotopic (exact) mass is 248 g/mol. The molecule has 0 aliphatic heterocycles. The minimum Gasteiger partial charge on any atom is -1.00 e. The second-order valence-electron chi connectivity index (χ2n) is 2.31. The minimum atomic E-state index is -3.94. The van der Waals surface area contributed by atoms with Gasteiger partial charge in [0.25, 0.3) is 10.1 Å². The van der Waals surface area contributed by atoms with E-state index in [1.807, 2.05) is 0 Å². The molecular formula is C7H13KO5S. The number of allylic oxidation sites excluding steroid dienone is 1. The van der Waals surface area contributed by atoms with Crippen molar-refractivity contribution < 1.29 is 75.3 Å². The van der Waals surface area contributed by atoms with Crippen molar-refractivity contribution in [1.82, 2.24) is 0 Å². The SMILES string of the molecule is CC=CC(=O)OCCCS(=O)(=O)O.[H-].[K+]. The van der Waals surface area contributed by atoms with E-state index in [1.165, 1.54) is 12.2 Å². The van der Waals surface area contributed by atoms with Gasteiger partial charge in [-0.15, -0.1) is 0 Å². The molecule has 0 aliphatic carbocycles. The first-order valence-electron chi connectivity index (χ1n) is 3.70. The molecule has 0 aromatic rings. The number of rotatable bonds is 5. The van der Waals surface area contributed by atoms with Crippen LogP contribution < -0.4 is 51.4 Å². The van der Waals surface area contributed by atoms with E-state index < -0.39 is 21.8 Å². The van der Waals surface area contributed by atoms with Gasteiger partial charge in [-0.25, -0.2) is 4.79 Å². The first-order valence-corrected chi connectivity index (χ1v) is 5.31. The molecule has 78 valence electrons. The molecule has 0 aliphatic rings. The van der Waals surface area contributed by atoms with E-state index in [2.05, 4.69) is 4.74 Å². The zero-order chi connectivity index (χ0) is 10.3. The van der Waals surface area contributed by atoms with Crippen LogP contribution in [0.1, 0.15) is 14.8 Å². The number of carbonyl (C=O) groups excluding carboxylic acids is 1. The Bertz CT molecular complexity index is 288. The molecule has 7 heteroatoms. The Hall–Kier alpha value is 0.756. The third-order valence-corrected chi connectivity index (χ3v) is 1.90. The molecule has 0 aromatic heterocycles. The third-order valence-electron chi connectivity index (χ3n) is 1.09. The van der Waals surface area contributed by atoms with E-state index in [9.17, 15) is 13.2 Å². The average molecular weight is 248 g/mol. The van der Waals surface area contributed by atoms with E-state index in [0.717, 1.165) is 0 Å². The number of hydrogen-bond acceptors (Lipinski definition) is 4. The van der Waals surface area contributed by atoms with Crippen LogP contribution in [-0.4, -0.2) is 31.3 Å². The molecule has 0 radical (unpaired) electrons. The largest absolute Gasteiger partial charge is 1.00 e. The van der Waals surface area contributed by atoms with Gasteiger partial charge in [-0.2, -0.15) is 8.42 Å². The van der Waals surface area contributed by atoms with Gasteiger partial charge in [0.05, 0.1) is 12.4 Å². The maximum absolute atomic E-state index is 10.6. The van der Waals surface area contributed by atoms with Crippen molar-refractivity contribution >= 4 is 16.1 Å².